The van der Waals surface area contributed by atoms with Crippen LogP contribution in [0.1, 0.15) is 63.6 Å². The number of esters is 3. The third kappa shape index (κ3) is 9.46. The average Bonchev–Trinajstić information content (AvgIpc) is 4.11. The zero-order valence-electron chi connectivity index (χ0n) is 42.6. The lowest BCUT2D eigenvalue weighted by Crippen LogP contribution is -2.57. The van der Waals surface area contributed by atoms with Crippen molar-refractivity contribution in [3.05, 3.63) is 154 Å². The molecule has 0 aliphatic carbocycles. The highest BCUT2D eigenvalue weighted by molar-refractivity contribution is 6.23. The molecule has 4 heterocycles. The molecule has 9 rings (SSSR count). The number of methoxy groups -OCH3 is 5. The van der Waals surface area contributed by atoms with Gasteiger partial charge in [-0.25, -0.2) is 9.69 Å². The summed E-state index contributed by atoms with van der Waals surface area (Å²) in [7, 11) is 6.78. The Morgan fingerprint density at radius 3 is 2.04 bits per heavy atom. The van der Waals surface area contributed by atoms with E-state index in [2.05, 4.69) is 11.8 Å². The quantitative estimate of drug-likeness (QED) is 0.0432. The fourth-order valence-corrected chi connectivity index (χ4v) is 11.2. The Morgan fingerprint density at radius 1 is 0.750 bits per heavy atom. The van der Waals surface area contributed by atoms with Crippen LogP contribution in [0.3, 0.4) is 0 Å². The largest absolute Gasteiger partial charge is 0.493 e. The Hall–Kier alpha value is -8.24. The van der Waals surface area contributed by atoms with Crippen LogP contribution in [-0.4, -0.2) is 125 Å². The lowest BCUT2D eigenvalue weighted by Gasteiger charge is -2.46. The van der Waals surface area contributed by atoms with Crippen molar-refractivity contribution >= 4 is 41.5 Å². The summed E-state index contributed by atoms with van der Waals surface area (Å²) in [6, 6.07) is 30.2. The second kappa shape index (κ2) is 22.7. The highest BCUT2D eigenvalue weighted by Crippen LogP contribution is 2.66. The van der Waals surface area contributed by atoms with Gasteiger partial charge in [-0.05, 0) is 82.3 Å². The van der Waals surface area contributed by atoms with Crippen molar-refractivity contribution in [2.45, 2.75) is 49.0 Å². The smallest absolute Gasteiger partial charge is 0.421 e. The number of rotatable bonds is 15. The predicted molar refractivity (Wildman–Crippen MR) is 272 cm³/mol. The number of hydrogen-bond donors (Lipinski definition) is 1. The number of benzene rings is 5. The van der Waals surface area contributed by atoms with Crippen LogP contribution < -0.4 is 19.1 Å². The van der Waals surface area contributed by atoms with E-state index in [9.17, 15) is 19.5 Å². The number of fused-ring (bicyclic) bond motifs is 4. The molecule has 4 aliphatic heterocycles. The summed E-state index contributed by atoms with van der Waals surface area (Å²) in [5, 5.41) is 9.67. The van der Waals surface area contributed by atoms with Crippen LogP contribution >= 0.6 is 0 Å². The first-order valence-corrected chi connectivity index (χ1v) is 24.7. The molecule has 2 saturated heterocycles. The summed E-state index contributed by atoms with van der Waals surface area (Å²) >= 11 is 0. The molecular weight excluding hydrogens is 979 g/mol. The maximum absolute atomic E-state index is 16.7. The van der Waals surface area contributed by atoms with E-state index in [1.165, 1.54) is 20.3 Å². The van der Waals surface area contributed by atoms with E-state index in [4.69, 9.17) is 37.9 Å². The van der Waals surface area contributed by atoms with Crippen molar-refractivity contribution in [1.29, 1.82) is 0 Å². The molecule has 4 aliphatic rings. The SMILES string of the molecule is COCCOC(=O)N1C(=O)[C@@]2(c3cc(C#CCC(C(=O)OC)C(=O)OC)ccc31)[C@H](C(=O)N1CCc3cc(OC)c(OC)cc3C1)[C@H]1C(=O)O[C@H](c3ccccc3)[C@H](c3ccccc3)N1[C@@H]2c1ccc(OCCO)cc1. The molecule has 1 N–H and O–H groups in total. The van der Waals surface area contributed by atoms with Crippen LogP contribution in [0.25, 0.3) is 0 Å². The number of anilines is 1. The van der Waals surface area contributed by atoms with Gasteiger partial charge < -0.3 is 47.9 Å². The van der Waals surface area contributed by atoms with Crippen molar-refractivity contribution in [3.63, 3.8) is 0 Å². The Labute approximate surface area is 439 Å². The van der Waals surface area contributed by atoms with Gasteiger partial charge in [0.1, 0.15) is 36.5 Å². The van der Waals surface area contributed by atoms with E-state index in [0.29, 0.717) is 40.4 Å². The molecule has 18 nitrogen and oxygen atoms in total. The van der Waals surface area contributed by atoms with Crippen molar-refractivity contribution in [2.24, 2.45) is 11.8 Å². The maximum Gasteiger partial charge on any atom is 0.421 e. The van der Waals surface area contributed by atoms with E-state index >= 15 is 14.4 Å². The van der Waals surface area contributed by atoms with Crippen molar-refractivity contribution in [1.82, 2.24) is 9.80 Å². The molecule has 76 heavy (non-hydrogen) atoms. The standard InChI is InChI=1S/C58H57N3O15/c1-69-29-30-75-57(68)60-44-24-19-35(13-12-18-42(53(64)72-4)54(65)73-5)31-43(44)58(56(60)67)47(52(63)59-26-25-39-32-45(70-2)46(71-3)33-40(39)34-59)49-55(66)76-50(37-16-10-7-11-17-37)48(36-14-8-6-9-15-36)61(49)51(58)38-20-22-41(23-21-38)74-28-27-62/h6-11,14-17,19-24,31-33,42,47-51,62H,18,25-30,34H2,1-5H3/t47-,48-,49-,50+,51+,58-/m0/s1. The molecule has 394 valence electrons. The number of carbonyl (C=O) groups is 6. The van der Waals surface area contributed by atoms with E-state index < -0.39 is 77.3 Å². The molecule has 0 aromatic heterocycles. The minimum Gasteiger partial charge on any atom is -0.493 e. The second-order valence-corrected chi connectivity index (χ2v) is 18.5. The fraction of sp³-hybridized carbons (Fsp3) is 0.345. The van der Waals surface area contributed by atoms with Gasteiger partial charge in [0.15, 0.2) is 17.4 Å². The average molecular weight is 1040 g/mol. The fourth-order valence-electron chi connectivity index (χ4n) is 11.2. The monoisotopic (exact) mass is 1040 g/mol. The number of amides is 3. The van der Waals surface area contributed by atoms with Crippen LogP contribution in [0.4, 0.5) is 10.5 Å². The Balaban J connectivity index is 1.34. The summed E-state index contributed by atoms with van der Waals surface area (Å²) in [4.78, 5) is 93.5. The number of imide groups is 1. The van der Waals surface area contributed by atoms with E-state index in [1.807, 2.05) is 77.7 Å². The molecule has 3 amide bonds. The molecule has 5 aromatic carbocycles. The molecule has 0 unspecified atom stereocenters. The zero-order chi connectivity index (χ0) is 53.7. The van der Waals surface area contributed by atoms with Gasteiger partial charge in [0, 0.05) is 32.2 Å². The molecule has 5 aromatic rings. The van der Waals surface area contributed by atoms with Gasteiger partial charge in [-0.3, -0.25) is 28.9 Å². The Kier molecular flexibility index (Phi) is 15.7. The molecule has 0 bridgehead atoms. The summed E-state index contributed by atoms with van der Waals surface area (Å²) in [6.07, 6.45) is -1.97. The Morgan fingerprint density at radius 2 is 1.41 bits per heavy atom. The lowest BCUT2D eigenvalue weighted by molar-refractivity contribution is -0.179. The molecule has 0 saturated carbocycles. The van der Waals surface area contributed by atoms with Gasteiger partial charge in [-0.1, -0.05) is 84.6 Å². The molecule has 6 atom stereocenters. The van der Waals surface area contributed by atoms with Crippen molar-refractivity contribution < 1.29 is 71.8 Å². The van der Waals surface area contributed by atoms with Crippen molar-refractivity contribution in [2.75, 3.05) is 73.4 Å². The van der Waals surface area contributed by atoms with Crippen LogP contribution in [0, 0.1) is 23.7 Å². The van der Waals surface area contributed by atoms with Gasteiger partial charge in [0.05, 0.1) is 65.3 Å². The van der Waals surface area contributed by atoms with Gasteiger partial charge >= 0.3 is 24.0 Å². The van der Waals surface area contributed by atoms with Crippen LogP contribution in [-0.2, 0) is 66.0 Å². The van der Waals surface area contributed by atoms with E-state index in [1.54, 1.807) is 48.4 Å². The third-order valence-electron chi connectivity index (χ3n) is 14.5. The van der Waals surface area contributed by atoms with Crippen LogP contribution in [0.5, 0.6) is 17.2 Å². The van der Waals surface area contributed by atoms with Crippen molar-refractivity contribution in [3.8, 4) is 29.1 Å². The summed E-state index contributed by atoms with van der Waals surface area (Å²) in [5.41, 5.74) is 1.81. The van der Waals surface area contributed by atoms with Gasteiger partial charge in [-0.2, -0.15) is 0 Å². The van der Waals surface area contributed by atoms with Gasteiger partial charge in [-0.15, -0.1) is 0 Å². The van der Waals surface area contributed by atoms with Gasteiger partial charge in [0.25, 0.3) is 0 Å². The maximum atomic E-state index is 16.7. The molecule has 0 radical (unpaired) electrons. The van der Waals surface area contributed by atoms with Crippen LogP contribution in [0.2, 0.25) is 0 Å². The number of cyclic esters (lactones) is 1. The summed E-state index contributed by atoms with van der Waals surface area (Å²) in [6.45, 7) is -0.272. The van der Waals surface area contributed by atoms with Gasteiger partial charge in [0.2, 0.25) is 11.8 Å². The normalized spacial score (nSPS) is 21.4. The molecule has 18 heteroatoms. The summed E-state index contributed by atoms with van der Waals surface area (Å²) in [5.74, 6) is 0.379. The Bertz CT molecular complexity index is 3050. The number of morpholine rings is 1. The molecule has 1 spiro atoms. The zero-order valence-corrected chi connectivity index (χ0v) is 42.6. The van der Waals surface area contributed by atoms with Crippen LogP contribution in [0.15, 0.2) is 115 Å². The second-order valence-electron chi connectivity index (χ2n) is 18.5. The number of aliphatic hydroxyl groups is 1. The first-order valence-electron chi connectivity index (χ1n) is 24.7. The lowest BCUT2D eigenvalue weighted by atomic mass is 9.64. The van der Waals surface area contributed by atoms with E-state index in [0.717, 1.165) is 30.2 Å². The number of hydrogen-bond acceptors (Lipinski definition) is 16. The molecular formula is C58H57N3O15. The topological polar surface area (TPSA) is 206 Å². The number of aliphatic hydroxyl groups excluding tert-OH is 1. The first kappa shape index (κ1) is 52.6. The first-order chi connectivity index (χ1) is 36.9. The third-order valence-corrected chi connectivity index (χ3v) is 14.5. The minimum atomic E-state index is -2.17. The number of nitrogens with zero attached hydrogens (tertiary/aromatic N) is 3. The number of ether oxygens (including phenoxy) is 8. The molecule has 2 fully saturated rings. The highest BCUT2D eigenvalue weighted by Gasteiger charge is 2.76. The highest BCUT2D eigenvalue weighted by atomic mass is 16.6. The minimum absolute atomic E-state index is 0.00128. The summed E-state index contributed by atoms with van der Waals surface area (Å²) < 4.78 is 44.5. The van der Waals surface area contributed by atoms with E-state index in [-0.39, 0.29) is 62.8 Å². The number of carbonyl (C=O) groups excluding carboxylic acids is 6. The predicted octanol–water partition coefficient (Wildman–Crippen LogP) is 5.81.